The molecule has 9 heteroatoms. The molecule has 0 spiro atoms. The maximum Gasteiger partial charge on any atom is 0.387 e. The molecule has 0 saturated carbocycles. The lowest BCUT2D eigenvalue weighted by atomic mass is 9.95. The van der Waals surface area contributed by atoms with Gasteiger partial charge >= 0.3 is 6.61 Å². The predicted molar refractivity (Wildman–Crippen MR) is 86.7 cm³/mol. The van der Waals surface area contributed by atoms with Crippen LogP contribution in [-0.4, -0.2) is 21.8 Å². The number of nitrogens with zero attached hydrogens (tertiary/aromatic N) is 2. The molecule has 4 nitrogen and oxygen atoms in total. The third-order valence-electron chi connectivity index (χ3n) is 4.26. The molecule has 2 heterocycles. The monoisotopic (exact) mass is 428 g/mol. The van der Waals surface area contributed by atoms with Crippen LogP contribution in [0.15, 0.2) is 34.9 Å². The Hall–Kier alpha value is -2.42. The highest BCUT2D eigenvalue weighted by Crippen LogP contribution is 2.43. The molecule has 0 N–H and O–H groups in total. The van der Waals surface area contributed by atoms with Crippen molar-refractivity contribution in [2.75, 3.05) is 0 Å². The number of rotatable bonds is 3. The zero-order valence-corrected chi connectivity index (χ0v) is 14.4. The molecule has 1 unspecified atom stereocenters. The number of benzene rings is 1. The molecule has 1 aliphatic carbocycles. The van der Waals surface area contributed by atoms with Crippen molar-refractivity contribution in [3.8, 4) is 5.75 Å². The van der Waals surface area contributed by atoms with E-state index < -0.39 is 24.2 Å². The normalized spacial score (nSPS) is 16.5. The van der Waals surface area contributed by atoms with Gasteiger partial charge in [0, 0.05) is 30.2 Å². The second-order valence-electron chi connectivity index (χ2n) is 5.75. The zero-order valence-electron chi connectivity index (χ0n) is 12.8. The van der Waals surface area contributed by atoms with Gasteiger partial charge in [-0.15, -0.1) is 0 Å². The Balaban J connectivity index is 1.95. The average molecular weight is 429 g/mol. The zero-order chi connectivity index (χ0) is 18.6. The Kier molecular flexibility index (Phi) is 3.98. The molecule has 4 rings (SSSR count). The fourth-order valence-electron chi connectivity index (χ4n) is 3.27. The molecule has 0 radical (unpaired) electrons. The first kappa shape index (κ1) is 17.0. The van der Waals surface area contributed by atoms with E-state index in [4.69, 9.17) is 0 Å². The van der Waals surface area contributed by atoms with Gasteiger partial charge in [-0.2, -0.15) is 8.78 Å². The third-order valence-corrected chi connectivity index (χ3v) is 4.85. The minimum absolute atomic E-state index is 0.0683. The van der Waals surface area contributed by atoms with Crippen molar-refractivity contribution in [1.82, 2.24) is 9.38 Å². The minimum Gasteiger partial charge on any atom is -0.434 e. The number of ether oxygens (including phenoxy) is 1. The van der Waals surface area contributed by atoms with Crippen LogP contribution in [0.5, 0.6) is 5.75 Å². The molecule has 2 aromatic heterocycles. The standard InChI is InChI=1S/C17H9BrF4N2O2/c18-8-6-24-13(5-10(8)20)23-15-11(25)4-7(16(15)24)14-9(19)2-1-3-12(14)26-17(21)22/h1-3,5-7,17H,4H2. The van der Waals surface area contributed by atoms with Crippen LogP contribution in [0.3, 0.4) is 0 Å². The molecule has 0 fully saturated rings. The van der Waals surface area contributed by atoms with E-state index in [1.165, 1.54) is 22.7 Å². The van der Waals surface area contributed by atoms with Gasteiger partial charge in [0.25, 0.3) is 0 Å². The number of carbonyl (C=O) groups is 1. The summed E-state index contributed by atoms with van der Waals surface area (Å²) >= 11 is 3.06. The van der Waals surface area contributed by atoms with Gasteiger partial charge < -0.3 is 9.14 Å². The number of Topliss-reactive ketones (excluding diaryl/α,β-unsaturated/α-hetero) is 1. The number of hydrogen-bond acceptors (Lipinski definition) is 3. The number of fused-ring (bicyclic) bond motifs is 3. The van der Waals surface area contributed by atoms with E-state index >= 15 is 0 Å². The van der Waals surface area contributed by atoms with Crippen LogP contribution < -0.4 is 4.74 Å². The lowest BCUT2D eigenvalue weighted by Gasteiger charge is -2.17. The van der Waals surface area contributed by atoms with Crippen LogP contribution in [-0.2, 0) is 0 Å². The molecule has 1 aliphatic rings. The highest BCUT2D eigenvalue weighted by atomic mass is 79.9. The van der Waals surface area contributed by atoms with Crippen LogP contribution in [0.4, 0.5) is 17.6 Å². The number of hydrogen-bond donors (Lipinski definition) is 0. The first-order chi connectivity index (χ1) is 12.4. The lowest BCUT2D eigenvalue weighted by molar-refractivity contribution is -0.0507. The number of halogens is 5. The fourth-order valence-corrected chi connectivity index (χ4v) is 3.59. The van der Waals surface area contributed by atoms with Crippen molar-refractivity contribution >= 4 is 27.4 Å². The minimum atomic E-state index is -3.14. The molecule has 0 saturated heterocycles. The maximum atomic E-state index is 14.5. The van der Waals surface area contributed by atoms with Gasteiger partial charge in [-0.05, 0) is 28.1 Å². The summed E-state index contributed by atoms with van der Waals surface area (Å²) in [5.74, 6) is -2.94. The average Bonchev–Trinajstić information content (AvgIpc) is 3.06. The van der Waals surface area contributed by atoms with Crippen LogP contribution in [0.1, 0.15) is 34.1 Å². The summed E-state index contributed by atoms with van der Waals surface area (Å²) in [6.07, 6.45) is 1.23. The molecule has 1 aromatic carbocycles. The molecule has 0 bridgehead atoms. The Morgan fingerprint density at radius 2 is 2.04 bits per heavy atom. The summed E-state index contributed by atoms with van der Waals surface area (Å²) in [5, 5.41) is 0. The quantitative estimate of drug-likeness (QED) is 0.568. The van der Waals surface area contributed by atoms with Crippen LogP contribution in [0.2, 0.25) is 0 Å². The molecule has 0 amide bonds. The first-order valence-corrected chi connectivity index (χ1v) is 8.29. The van der Waals surface area contributed by atoms with Gasteiger partial charge in [-0.25, -0.2) is 13.8 Å². The Labute approximate surface area is 152 Å². The molecule has 134 valence electrons. The van der Waals surface area contributed by atoms with Gasteiger partial charge in [0.2, 0.25) is 0 Å². The van der Waals surface area contributed by atoms with E-state index in [1.807, 2.05) is 0 Å². The number of imidazole rings is 1. The highest BCUT2D eigenvalue weighted by molar-refractivity contribution is 9.10. The molecule has 26 heavy (non-hydrogen) atoms. The van der Waals surface area contributed by atoms with Gasteiger partial charge in [0.15, 0.2) is 5.78 Å². The number of aromatic nitrogens is 2. The number of alkyl halides is 2. The van der Waals surface area contributed by atoms with Gasteiger partial charge in [-0.3, -0.25) is 4.79 Å². The summed E-state index contributed by atoms with van der Waals surface area (Å²) < 4.78 is 59.7. The van der Waals surface area contributed by atoms with Gasteiger partial charge in [-0.1, -0.05) is 6.07 Å². The van der Waals surface area contributed by atoms with Gasteiger partial charge in [0.05, 0.1) is 10.2 Å². The van der Waals surface area contributed by atoms with E-state index in [-0.39, 0.29) is 39.3 Å². The van der Waals surface area contributed by atoms with Crippen molar-refractivity contribution in [2.45, 2.75) is 19.0 Å². The fraction of sp³-hybridized carbons (Fsp3) is 0.176. The number of ketones is 1. The smallest absolute Gasteiger partial charge is 0.387 e. The first-order valence-electron chi connectivity index (χ1n) is 7.50. The van der Waals surface area contributed by atoms with E-state index in [2.05, 4.69) is 25.7 Å². The number of pyridine rings is 1. The van der Waals surface area contributed by atoms with E-state index in [0.29, 0.717) is 5.69 Å². The Morgan fingerprint density at radius 1 is 1.27 bits per heavy atom. The van der Waals surface area contributed by atoms with Gasteiger partial charge in [0.1, 0.15) is 28.7 Å². The van der Waals surface area contributed by atoms with Crippen LogP contribution >= 0.6 is 15.9 Å². The number of carbonyl (C=O) groups excluding carboxylic acids is 1. The second-order valence-corrected chi connectivity index (χ2v) is 6.61. The van der Waals surface area contributed by atoms with Crippen molar-refractivity contribution in [3.63, 3.8) is 0 Å². The van der Waals surface area contributed by atoms with E-state index in [1.54, 1.807) is 0 Å². The summed E-state index contributed by atoms with van der Waals surface area (Å²) in [6, 6.07) is 4.69. The second kappa shape index (κ2) is 6.08. The summed E-state index contributed by atoms with van der Waals surface area (Å²) in [5.41, 5.74) is 0.400. The van der Waals surface area contributed by atoms with Crippen molar-refractivity contribution < 1.29 is 27.1 Å². The van der Waals surface area contributed by atoms with E-state index in [9.17, 15) is 22.4 Å². The molecular weight excluding hydrogens is 420 g/mol. The van der Waals surface area contributed by atoms with Crippen molar-refractivity contribution in [2.24, 2.45) is 0 Å². The predicted octanol–water partition coefficient (Wildman–Crippen LogP) is 4.69. The Morgan fingerprint density at radius 3 is 2.77 bits per heavy atom. The van der Waals surface area contributed by atoms with Crippen LogP contribution in [0.25, 0.3) is 5.65 Å². The van der Waals surface area contributed by atoms with Crippen molar-refractivity contribution in [1.29, 1.82) is 0 Å². The summed E-state index contributed by atoms with van der Waals surface area (Å²) in [7, 11) is 0. The highest BCUT2D eigenvalue weighted by Gasteiger charge is 2.39. The lowest BCUT2D eigenvalue weighted by Crippen LogP contribution is -2.10. The van der Waals surface area contributed by atoms with Crippen LogP contribution in [0, 0.1) is 11.6 Å². The van der Waals surface area contributed by atoms with E-state index in [0.717, 1.165) is 12.1 Å². The summed E-state index contributed by atoms with van der Waals surface area (Å²) in [4.78, 5) is 16.5. The SMILES string of the molecule is O=C1CC(c2c(F)cccc2OC(F)F)c2c1nc1cc(F)c(Br)cn21. The molecule has 0 aliphatic heterocycles. The maximum absolute atomic E-state index is 14.5. The van der Waals surface area contributed by atoms with Crippen molar-refractivity contribution in [3.05, 3.63) is 63.5 Å². The summed E-state index contributed by atoms with van der Waals surface area (Å²) in [6.45, 7) is -3.14. The molecule has 3 aromatic rings. The topological polar surface area (TPSA) is 43.6 Å². The Bertz CT molecular complexity index is 1050. The molecule has 1 atom stereocenters. The third kappa shape index (κ3) is 2.57. The molecular formula is C17H9BrF4N2O2. The largest absolute Gasteiger partial charge is 0.434 e.